The minimum Gasteiger partial charge on any atom is -0.324 e. The van der Waals surface area contributed by atoms with Gasteiger partial charge in [0, 0.05) is 10.6 Å². The number of halogens is 1. The quantitative estimate of drug-likeness (QED) is 0.700. The van der Waals surface area contributed by atoms with E-state index in [1.807, 2.05) is 48.5 Å². The normalized spacial score (nSPS) is 10.6. The number of nitrogens with one attached hydrogen (secondary N) is 2. The number of nitrogens with zero attached hydrogens (tertiary/aromatic N) is 1. The number of rotatable bonds is 2. The monoisotopic (exact) mass is 287 g/mol. The molecule has 2 aromatic carbocycles. The van der Waals surface area contributed by atoms with Gasteiger partial charge in [-0.2, -0.15) is 0 Å². The Kier molecular flexibility index (Phi) is 3.19. The first-order valence-electron chi connectivity index (χ1n) is 5.74. The van der Waals surface area contributed by atoms with Crippen LogP contribution in [0.4, 0.5) is 5.95 Å². The second-order valence-corrected chi connectivity index (χ2v) is 4.91. The van der Waals surface area contributed by atoms with E-state index in [4.69, 9.17) is 23.8 Å². The summed E-state index contributed by atoms with van der Waals surface area (Å²) in [4.78, 5) is 8.19. The van der Waals surface area contributed by atoms with Gasteiger partial charge >= 0.3 is 0 Å². The Morgan fingerprint density at radius 3 is 2.58 bits per heavy atom. The molecule has 3 aromatic rings. The number of benzene rings is 2. The first-order chi connectivity index (χ1) is 9.22. The van der Waals surface area contributed by atoms with Gasteiger partial charge < -0.3 is 10.3 Å². The third-order valence-electron chi connectivity index (χ3n) is 2.73. The molecule has 1 aromatic heterocycles. The molecule has 0 saturated carbocycles. The number of para-hydroxylation sites is 2. The van der Waals surface area contributed by atoms with Crippen molar-refractivity contribution < 1.29 is 0 Å². The van der Waals surface area contributed by atoms with Crippen molar-refractivity contribution in [3.63, 3.8) is 0 Å². The molecular weight excluding hydrogens is 278 g/mol. The van der Waals surface area contributed by atoms with Gasteiger partial charge in [-0.3, -0.25) is 0 Å². The molecule has 1 heterocycles. The van der Waals surface area contributed by atoms with Crippen molar-refractivity contribution >= 4 is 45.8 Å². The van der Waals surface area contributed by atoms with E-state index in [1.165, 1.54) is 0 Å². The molecule has 94 valence electrons. The highest BCUT2D eigenvalue weighted by Crippen LogP contribution is 2.15. The lowest BCUT2D eigenvalue weighted by Gasteiger charge is -2.04. The zero-order valence-electron chi connectivity index (χ0n) is 9.85. The fourth-order valence-electron chi connectivity index (χ4n) is 1.79. The second-order valence-electron chi connectivity index (χ2n) is 4.06. The fourth-order valence-corrected chi connectivity index (χ4v) is 2.15. The second kappa shape index (κ2) is 4.99. The van der Waals surface area contributed by atoms with Crippen molar-refractivity contribution in [3.8, 4) is 0 Å². The van der Waals surface area contributed by atoms with Gasteiger partial charge in [0.1, 0.15) is 4.99 Å². The maximum Gasteiger partial charge on any atom is 0.206 e. The van der Waals surface area contributed by atoms with E-state index in [0.717, 1.165) is 16.6 Å². The van der Waals surface area contributed by atoms with Gasteiger partial charge in [-0.25, -0.2) is 4.98 Å². The molecule has 0 aliphatic heterocycles. The van der Waals surface area contributed by atoms with Crippen molar-refractivity contribution in [3.05, 3.63) is 59.1 Å². The van der Waals surface area contributed by atoms with Crippen LogP contribution in [-0.2, 0) is 0 Å². The molecule has 0 amide bonds. The highest BCUT2D eigenvalue weighted by atomic mass is 35.5. The van der Waals surface area contributed by atoms with E-state index in [9.17, 15) is 0 Å². The van der Waals surface area contributed by atoms with Gasteiger partial charge in [-0.1, -0.05) is 48.1 Å². The average Bonchev–Trinajstić information content (AvgIpc) is 2.81. The van der Waals surface area contributed by atoms with Crippen LogP contribution < -0.4 is 5.32 Å². The molecule has 0 radical (unpaired) electrons. The number of thiocarbonyl (C=S) groups is 1. The van der Waals surface area contributed by atoms with E-state index >= 15 is 0 Å². The third-order valence-corrected chi connectivity index (χ3v) is 3.32. The van der Waals surface area contributed by atoms with Gasteiger partial charge in [0.05, 0.1) is 11.0 Å². The van der Waals surface area contributed by atoms with Gasteiger partial charge in [-0.05, 0) is 24.3 Å². The topological polar surface area (TPSA) is 40.7 Å². The molecule has 5 heteroatoms. The molecule has 2 N–H and O–H groups in total. The summed E-state index contributed by atoms with van der Waals surface area (Å²) in [6.07, 6.45) is 0. The van der Waals surface area contributed by atoms with Gasteiger partial charge in [0.25, 0.3) is 0 Å². The lowest BCUT2D eigenvalue weighted by atomic mass is 10.2. The Bertz CT molecular complexity index is 701. The van der Waals surface area contributed by atoms with Gasteiger partial charge in [-0.15, -0.1) is 0 Å². The summed E-state index contributed by atoms with van der Waals surface area (Å²) in [7, 11) is 0. The smallest absolute Gasteiger partial charge is 0.206 e. The Morgan fingerprint density at radius 2 is 1.84 bits per heavy atom. The minimum absolute atomic E-state index is 0.607. The Morgan fingerprint density at radius 1 is 1.11 bits per heavy atom. The van der Waals surface area contributed by atoms with E-state index in [0.29, 0.717) is 16.0 Å². The lowest BCUT2D eigenvalue weighted by Crippen LogP contribution is -2.11. The number of anilines is 1. The number of fused-ring (bicyclic) bond motifs is 1. The van der Waals surface area contributed by atoms with Crippen LogP contribution in [0.5, 0.6) is 0 Å². The maximum atomic E-state index is 5.85. The lowest BCUT2D eigenvalue weighted by molar-refractivity contribution is 1.33. The van der Waals surface area contributed by atoms with Crippen molar-refractivity contribution in [2.75, 3.05) is 5.32 Å². The Hall–Kier alpha value is -1.91. The summed E-state index contributed by atoms with van der Waals surface area (Å²) >= 11 is 11.2. The van der Waals surface area contributed by atoms with Crippen LogP contribution in [0.15, 0.2) is 48.5 Å². The van der Waals surface area contributed by atoms with E-state index in [-0.39, 0.29) is 0 Å². The standard InChI is InChI=1S/C14H10ClN3S/c15-10-7-5-9(6-8-10)13(19)18-14-16-11-3-1-2-4-12(11)17-14/h1-8H,(H2,16,17,18,19). The summed E-state index contributed by atoms with van der Waals surface area (Å²) in [5, 5.41) is 3.78. The molecule has 3 rings (SSSR count). The highest BCUT2D eigenvalue weighted by Gasteiger charge is 2.05. The summed E-state index contributed by atoms with van der Waals surface area (Å²) < 4.78 is 0. The Balaban J connectivity index is 1.84. The molecule has 0 unspecified atom stereocenters. The zero-order chi connectivity index (χ0) is 13.2. The fraction of sp³-hybridized carbons (Fsp3) is 0. The first kappa shape index (κ1) is 12.1. The molecule has 0 aliphatic rings. The summed E-state index contributed by atoms with van der Waals surface area (Å²) in [5.41, 5.74) is 2.78. The average molecular weight is 288 g/mol. The van der Waals surface area contributed by atoms with Gasteiger partial charge in [0.2, 0.25) is 5.95 Å². The van der Waals surface area contributed by atoms with E-state index in [1.54, 1.807) is 0 Å². The van der Waals surface area contributed by atoms with Crippen molar-refractivity contribution in [2.24, 2.45) is 0 Å². The summed E-state index contributed by atoms with van der Waals surface area (Å²) in [5.74, 6) is 0.640. The van der Waals surface area contributed by atoms with Crippen molar-refractivity contribution in [2.45, 2.75) is 0 Å². The zero-order valence-corrected chi connectivity index (χ0v) is 11.4. The van der Waals surface area contributed by atoms with Crippen LogP contribution in [0.3, 0.4) is 0 Å². The number of hydrogen-bond donors (Lipinski definition) is 2. The predicted octanol–water partition coefficient (Wildman–Crippen LogP) is 4.00. The largest absolute Gasteiger partial charge is 0.324 e. The van der Waals surface area contributed by atoms with E-state index < -0.39 is 0 Å². The molecule has 0 aliphatic carbocycles. The number of imidazole rings is 1. The number of H-pyrrole nitrogens is 1. The van der Waals surface area contributed by atoms with Crippen LogP contribution in [0, 0.1) is 0 Å². The molecular formula is C14H10ClN3S. The molecule has 0 fully saturated rings. The molecule has 19 heavy (non-hydrogen) atoms. The molecule has 0 bridgehead atoms. The predicted molar refractivity (Wildman–Crippen MR) is 82.9 cm³/mol. The van der Waals surface area contributed by atoms with Crippen LogP contribution in [0.1, 0.15) is 5.56 Å². The summed E-state index contributed by atoms with van der Waals surface area (Å²) in [6, 6.07) is 15.2. The molecule has 0 spiro atoms. The summed E-state index contributed by atoms with van der Waals surface area (Å²) in [6.45, 7) is 0. The van der Waals surface area contributed by atoms with Crippen LogP contribution >= 0.6 is 23.8 Å². The molecule has 3 nitrogen and oxygen atoms in total. The SMILES string of the molecule is S=C(Nc1nc2ccccc2[nH]1)c1ccc(Cl)cc1. The molecule has 0 saturated heterocycles. The minimum atomic E-state index is 0.607. The molecule has 0 atom stereocenters. The van der Waals surface area contributed by atoms with Crippen LogP contribution in [0.25, 0.3) is 11.0 Å². The van der Waals surface area contributed by atoms with E-state index in [2.05, 4.69) is 15.3 Å². The third kappa shape index (κ3) is 2.59. The van der Waals surface area contributed by atoms with Crippen molar-refractivity contribution in [1.29, 1.82) is 0 Å². The maximum absolute atomic E-state index is 5.85. The number of aromatic amines is 1. The van der Waals surface area contributed by atoms with Crippen LogP contribution in [-0.4, -0.2) is 15.0 Å². The number of aromatic nitrogens is 2. The highest BCUT2D eigenvalue weighted by molar-refractivity contribution is 7.81. The van der Waals surface area contributed by atoms with Gasteiger partial charge in [0.15, 0.2) is 0 Å². The Labute approximate surface area is 120 Å². The number of hydrogen-bond acceptors (Lipinski definition) is 2. The van der Waals surface area contributed by atoms with Crippen molar-refractivity contribution in [1.82, 2.24) is 9.97 Å². The van der Waals surface area contributed by atoms with Crippen LogP contribution in [0.2, 0.25) is 5.02 Å². The first-order valence-corrected chi connectivity index (χ1v) is 6.53.